The molecule has 1 saturated heterocycles. The summed E-state index contributed by atoms with van der Waals surface area (Å²) < 4.78 is 5.37. The van der Waals surface area contributed by atoms with E-state index >= 15 is 0 Å². The predicted molar refractivity (Wildman–Crippen MR) is 119 cm³/mol. The van der Waals surface area contributed by atoms with Crippen molar-refractivity contribution in [2.24, 2.45) is 0 Å². The molecule has 3 aromatic rings. The van der Waals surface area contributed by atoms with E-state index in [1.165, 1.54) is 5.56 Å². The van der Waals surface area contributed by atoms with E-state index in [0.717, 1.165) is 35.4 Å². The number of nitrogens with zero attached hydrogens (tertiary/aromatic N) is 2. The van der Waals surface area contributed by atoms with Gasteiger partial charge in [-0.2, -0.15) is 5.10 Å². The summed E-state index contributed by atoms with van der Waals surface area (Å²) >= 11 is 0. The number of methoxy groups -OCH3 is 1. The number of amides is 2. The fourth-order valence-corrected chi connectivity index (χ4v) is 4.01. The number of aromatic amines is 1. The minimum atomic E-state index is -0.0811. The number of carbonyl (C=O) groups excluding carboxylic acids is 1. The molecule has 0 saturated carbocycles. The summed E-state index contributed by atoms with van der Waals surface area (Å²) in [4.78, 5) is 14.6. The van der Waals surface area contributed by atoms with Crippen molar-refractivity contribution in [1.29, 1.82) is 0 Å². The number of likely N-dealkylation sites (tertiary alicyclic amines) is 1. The molecule has 2 heterocycles. The number of rotatable bonds is 4. The normalized spacial score (nSPS) is 14.6. The Kier molecular flexibility index (Phi) is 5.74. The Morgan fingerprint density at radius 1 is 1.10 bits per heavy atom. The quantitative estimate of drug-likeness (QED) is 0.634. The van der Waals surface area contributed by atoms with Gasteiger partial charge in [0.25, 0.3) is 0 Å². The molecule has 2 amide bonds. The van der Waals surface area contributed by atoms with E-state index < -0.39 is 0 Å². The molecule has 156 valence electrons. The topological polar surface area (TPSA) is 70.2 Å². The SMILES string of the molecule is COc1ccc(C)cc1NC(=O)N1CCC(c2cc(-c3cccc(C)c3)n[nH]2)CC1. The molecular weight excluding hydrogens is 376 g/mol. The molecule has 1 aromatic heterocycles. The van der Waals surface area contributed by atoms with Gasteiger partial charge in [0.1, 0.15) is 5.75 Å². The highest BCUT2D eigenvalue weighted by Gasteiger charge is 2.25. The van der Waals surface area contributed by atoms with Crippen LogP contribution in [0.1, 0.15) is 35.6 Å². The molecule has 30 heavy (non-hydrogen) atoms. The van der Waals surface area contributed by atoms with E-state index in [-0.39, 0.29) is 6.03 Å². The predicted octanol–water partition coefficient (Wildman–Crippen LogP) is 5.11. The van der Waals surface area contributed by atoms with Gasteiger partial charge in [0.15, 0.2) is 0 Å². The molecule has 0 radical (unpaired) electrons. The average molecular weight is 405 g/mol. The number of nitrogens with one attached hydrogen (secondary N) is 2. The number of benzene rings is 2. The third kappa shape index (κ3) is 4.32. The second-order valence-corrected chi connectivity index (χ2v) is 7.97. The largest absolute Gasteiger partial charge is 0.495 e. The van der Waals surface area contributed by atoms with Gasteiger partial charge in [-0.05, 0) is 56.5 Å². The number of hydrogen-bond acceptors (Lipinski definition) is 3. The van der Waals surface area contributed by atoms with Crippen LogP contribution in [0.2, 0.25) is 0 Å². The lowest BCUT2D eigenvalue weighted by atomic mass is 9.93. The van der Waals surface area contributed by atoms with Crippen LogP contribution in [-0.4, -0.2) is 41.3 Å². The van der Waals surface area contributed by atoms with E-state index in [2.05, 4.69) is 52.8 Å². The van der Waals surface area contributed by atoms with Crippen molar-refractivity contribution >= 4 is 11.7 Å². The fourth-order valence-electron chi connectivity index (χ4n) is 4.01. The molecule has 6 nitrogen and oxygen atoms in total. The highest BCUT2D eigenvalue weighted by atomic mass is 16.5. The summed E-state index contributed by atoms with van der Waals surface area (Å²) in [5, 5.41) is 10.7. The second-order valence-electron chi connectivity index (χ2n) is 7.97. The van der Waals surface area contributed by atoms with Crippen LogP contribution < -0.4 is 10.1 Å². The number of H-pyrrole nitrogens is 1. The Balaban J connectivity index is 1.37. The van der Waals surface area contributed by atoms with Crippen LogP contribution >= 0.6 is 0 Å². The Bertz CT molecular complexity index is 1040. The van der Waals surface area contributed by atoms with Crippen LogP contribution in [0.25, 0.3) is 11.3 Å². The van der Waals surface area contributed by atoms with Gasteiger partial charge in [-0.25, -0.2) is 4.79 Å². The number of hydrogen-bond donors (Lipinski definition) is 2. The van der Waals surface area contributed by atoms with Crippen molar-refractivity contribution in [2.45, 2.75) is 32.6 Å². The van der Waals surface area contributed by atoms with Crippen molar-refractivity contribution in [2.75, 3.05) is 25.5 Å². The van der Waals surface area contributed by atoms with Gasteiger partial charge in [0.05, 0.1) is 18.5 Å². The molecule has 0 atom stereocenters. The summed E-state index contributed by atoms with van der Waals surface area (Å²) in [5.41, 5.74) is 6.25. The van der Waals surface area contributed by atoms with Crippen molar-refractivity contribution in [1.82, 2.24) is 15.1 Å². The molecule has 4 rings (SSSR count). The first kappa shape index (κ1) is 20.0. The fraction of sp³-hybridized carbons (Fsp3) is 0.333. The van der Waals surface area contributed by atoms with Crippen molar-refractivity contribution in [3.63, 3.8) is 0 Å². The summed E-state index contributed by atoms with van der Waals surface area (Å²) in [6, 6.07) is 16.2. The number of anilines is 1. The molecule has 0 bridgehead atoms. The maximum absolute atomic E-state index is 12.8. The van der Waals surface area contributed by atoms with Gasteiger partial charge in [0.2, 0.25) is 0 Å². The first-order valence-corrected chi connectivity index (χ1v) is 10.4. The molecule has 1 aliphatic rings. The summed E-state index contributed by atoms with van der Waals surface area (Å²) in [6.07, 6.45) is 1.82. The van der Waals surface area contributed by atoms with E-state index in [1.807, 2.05) is 30.0 Å². The molecule has 6 heteroatoms. The maximum Gasteiger partial charge on any atom is 0.321 e. The van der Waals surface area contributed by atoms with Crippen LogP contribution in [0.15, 0.2) is 48.5 Å². The van der Waals surface area contributed by atoms with Crippen molar-refractivity contribution < 1.29 is 9.53 Å². The highest BCUT2D eigenvalue weighted by Crippen LogP contribution is 2.31. The van der Waals surface area contributed by atoms with Gasteiger partial charge in [-0.15, -0.1) is 0 Å². The van der Waals surface area contributed by atoms with Crippen LogP contribution in [0, 0.1) is 13.8 Å². The highest BCUT2D eigenvalue weighted by molar-refractivity contribution is 5.91. The van der Waals surface area contributed by atoms with E-state index in [9.17, 15) is 4.79 Å². The standard InChI is InChI=1S/C24H28N4O2/c1-16-5-4-6-19(13-16)21-15-20(26-27-21)18-9-11-28(12-10-18)24(29)25-22-14-17(2)7-8-23(22)30-3/h4-8,13-15,18H,9-12H2,1-3H3,(H,25,29)(H,26,27). The lowest BCUT2D eigenvalue weighted by molar-refractivity contribution is 0.194. The number of carbonyl (C=O) groups is 1. The first-order valence-electron chi connectivity index (χ1n) is 10.4. The zero-order chi connectivity index (χ0) is 21.1. The lowest BCUT2D eigenvalue weighted by Crippen LogP contribution is -2.40. The molecule has 0 spiro atoms. The molecule has 0 aliphatic carbocycles. The Morgan fingerprint density at radius 2 is 1.87 bits per heavy atom. The zero-order valence-corrected chi connectivity index (χ0v) is 17.7. The Morgan fingerprint density at radius 3 is 2.60 bits per heavy atom. The van der Waals surface area contributed by atoms with E-state index in [0.29, 0.717) is 30.4 Å². The molecule has 0 unspecified atom stereocenters. The second kappa shape index (κ2) is 8.61. The van der Waals surface area contributed by atoms with E-state index in [1.54, 1.807) is 7.11 Å². The Labute approximate surface area is 177 Å². The number of aryl methyl sites for hydroxylation is 2. The van der Waals surface area contributed by atoms with E-state index in [4.69, 9.17) is 4.74 Å². The zero-order valence-electron chi connectivity index (χ0n) is 17.7. The smallest absolute Gasteiger partial charge is 0.321 e. The third-order valence-corrected chi connectivity index (χ3v) is 5.73. The molecular formula is C24H28N4O2. The number of aromatic nitrogens is 2. The lowest BCUT2D eigenvalue weighted by Gasteiger charge is -2.31. The summed E-state index contributed by atoms with van der Waals surface area (Å²) in [7, 11) is 1.61. The minimum absolute atomic E-state index is 0.0811. The number of urea groups is 1. The summed E-state index contributed by atoms with van der Waals surface area (Å²) in [5.74, 6) is 1.05. The maximum atomic E-state index is 12.8. The first-order chi connectivity index (χ1) is 14.5. The summed E-state index contributed by atoms with van der Waals surface area (Å²) in [6.45, 7) is 5.51. The molecule has 2 N–H and O–H groups in total. The van der Waals surface area contributed by atoms with Crippen LogP contribution in [-0.2, 0) is 0 Å². The van der Waals surface area contributed by atoms with Crippen molar-refractivity contribution in [3.05, 3.63) is 65.4 Å². The molecule has 2 aromatic carbocycles. The molecule has 1 fully saturated rings. The number of piperidine rings is 1. The third-order valence-electron chi connectivity index (χ3n) is 5.73. The van der Waals surface area contributed by atoms with Crippen LogP contribution in [0.3, 0.4) is 0 Å². The average Bonchev–Trinajstić information content (AvgIpc) is 3.24. The van der Waals surface area contributed by atoms with Gasteiger partial charge in [0, 0.05) is 30.3 Å². The Hall–Kier alpha value is -3.28. The molecule has 1 aliphatic heterocycles. The number of ether oxygens (including phenoxy) is 1. The van der Waals surface area contributed by atoms with Gasteiger partial charge < -0.3 is 15.0 Å². The van der Waals surface area contributed by atoms with Crippen molar-refractivity contribution in [3.8, 4) is 17.0 Å². The van der Waals surface area contributed by atoms with Gasteiger partial charge in [-0.1, -0.05) is 29.8 Å². The minimum Gasteiger partial charge on any atom is -0.495 e. The van der Waals surface area contributed by atoms with Crippen LogP contribution in [0.4, 0.5) is 10.5 Å². The monoisotopic (exact) mass is 404 g/mol. The van der Waals surface area contributed by atoms with Gasteiger partial charge >= 0.3 is 6.03 Å². The van der Waals surface area contributed by atoms with Crippen LogP contribution in [0.5, 0.6) is 5.75 Å². The van der Waals surface area contributed by atoms with Gasteiger partial charge in [-0.3, -0.25) is 5.10 Å².